The fourth-order valence-corrected chi connectivity index (χ4v) is 3.06. The molecule has 0 aromatic heterocycles. The summed E-state index contributed by atoms with van der Waals surface area (Å²) < 4.78 is 12.1. The van der Waals surface area contributed by atoms with Gasteiger partial charge in [0.05, 0.1) is 10.4 Å². The molecule has 2 rings (SSSR count). The number of carboxylic acids is 1. The number of benzene rings is 1. The quantitative estimate of drug-likeness (QED) is 0.922. The van der Waals surface area contributed by atoms with Crippen LogP contribution in [0.5, 0.6) is 11.5 Å². The number of carbonyl (C=O) groups is 1. The monoisotopic (exact) mass is 328 g/mol. The maximum absolute atomic E-state index is 11.0. The van der Waals surface area contributed by atoms with Gasteiger partial charge in [-0.1, -0.05) is 13.8 Å². The molecule has 0 saturated carbocycles. The first-order chi connectivity index (χ1) is 9.04. The fraction of sp³-hybridized carbons (Fsp3) is 0.500. The second-order valence-electron chi connectivity index (χ2n) is 4.65. The van der Waals surface area contributed by atoms with Crippen molar-refractivity contribution in [1.29, 1.82) is 0 Å². The molecule has 0 aliphatic carbocycles. The van der Waals surface area contributed by atoms with E-state index in [1.807, 2.05) is 13.0 Å². The molecule has 1 aliphatic rings. The zero-order chi connectivity index (χ0) is 14.0. The number of hydrogen-bond donors (Lipinski definition) is 1. The molecule has 4 nitrogen and oxygen atoms in total. The van der Waals surface area contributed by atoms with Crippen molar-refractivity contribution >= 4 is 21.9 Å². The summed E-state index contributed by atoms with van der Waals surface area (Å²) in [5.41, 5.74) is 2.10. The summed E-state index contributed by atoms with van der Waals surface area (Å²) in [7, 11) is 0. The Kier molecular flexibility index (Phi) is 4.34. The highest BCUT2D eigenvalue weighted by atomic mass is 79.9. The van der Waals surface area contributed by atoms with Gasteiger partial charge in [0.25, 0.3) is 0 Å². The third kappa shape index (κ3) is 2.86. The van der Waals surface area contributed by atoms with Crippen molar-refractivity contribution in [3.63, 3.8) is 0 Å². The molecule has 0 saturated heterocycles. The second-order valence-corrected chi connectivity index (χ2v) is 5.44. The number of ether oxygens (including phenoxy) is 2. The van der Waals surface area contributed by atoms with Crippen molar-refractivity contribution in [1.82, 2.24) is 0 Å². The van der Waals surface area contributed by atoms with E-state index in [0.29, 0.717) is 25.4 Å². The van der Waals surface area contributed by atoms with Crippen LogP contribution in [-0.4, -0.2) is 24.3 Å². The lowest BCUT2D eigenvalue weighted by Crippen LogP contribution is -2.18. The van der Waals surface area contributed by atoms with Gasteiger partial charge in [0, 0.05) is 0 Å². The van der Waals surface area contributed by atoms with E-state index in [2.05, 4.69) is 15.9 Å². The van der Waals surface area contributed by atoms with Crippen LogP contribution in [0.4, 0.5) is 0 Å². The van der Waals surface area contributed by atoms with E-state index < -0.39 is 11.9 Å². The topological polar surface area (TPSA) is 55.8 Å². The van der Waals surface area contributed by atoms with Crippen molar-refractivity contribution < 1.29 is 19.4 Å². The summed E-state index contributed by atoms with van der Waals surface area (Å²) in [6, 6.07) is 1.91. The number of hydrogen-bond acceptors (Lipinski definition) is 3. The van der Waals surface area contributed by atoms with E-state index in [9.17, 15) is 4.79 Å². The zero-order valence-electron chi connectivity index (χ0n) is 11.0. The van der Waals surface area contributed by atoms with E-state index >= 15 is 0 Å². The van der Waals surface area contributed by atoms with Gasteiger partial charge >= 0.3 is 5.97 Å². The average molecular weight is 329 g/mol. The lowest BCUT2D eigenvalue weighted by molar-refractivity contribution is -0.141. The highest BCUT2D eigenvalue weighted by Crippen LogP contribution is 2.42. The fourth-order valence-electron chi connectivity index (χ4n) is 2.22. The van der Waals surface area contributed by atoms with Crippen molar-refractivity contribution in [2.24, 2.45) is 5.92 Å². The van der Waals surface area contributed by atoms with Crippen LogP contribution >= 0.6 is 15.9 Å². The van der Waals surface area contributed by atoms with Gasteiger partial charge in [0.15, 0.2) is 11.5 Å². The van der Waals surface area contributed by atoms with Crippen LogP contribution in [-0.2, 0) is 17.6 Å². The van der Waals surface area contributed by atoms with Crippen molar-refractivity contribution in [2.75, 3.05) is 13.2 Å². The van der Waals surface area contributed by atoms with Crippen LogP contribution in [0, 0.1) is 5.92 Å². The number of rotatable bonds is 4. The lowest BCUT2D eigenvalue weighted by atomic mass is 9.95. The highest BCUT2D eigenvalue weighted by molar-refractivity contribution is 9.10. The van der Waals surface area contributed by atoms with Crippen molar-refractivity contribution in [3.8, 4) is 11.5 Å². The molecular weight excluding hydrogens is 312 g/mol. The molecule has 1 heterocycles. The van der Waals surface area contributed by atoms with Crippen LogP contribution in [0.15, 0.2) is 10.5 Å². The standard InChI is InChI=1S/C14H17BrO4/c1-3-10-9(6-8(2)14(16)17)7-11-13(12(10)15)19-5-4-18-11/h7-8H,3-6H2,1-2H3,(H,16,17). The van der Waals surface area contributed by atoms with Gasteiger partial charge in [0.2, 0.25) is 0 Å². The Balaban J connectivity index is 2.42. The van der Waals surface area contributed by atoms with Crippen molar-refractivity contribution in [3.05, 3.63) is 21.7 Å². The third-order valence-corrected chi connectivity index (χ3v) is 4.11. The van der Waals surface area contributed by atoms with Crippen LogP contribution in [0.3, 0.4) is 0 Å². The van der Waals surface area contributed by atoms with Gasteiger partial charge in [-0.05, 0) is 46.0 Å². The summed E-state index contributed by atoms with van der Waals surface area (Å²) in [4.78, 5) is 11.0. The summed E-state index contributed by atoms with van der Waals surface area (Å²) in [5, 5.41) is 9.05. The molecule has 0 spiro atoms. The van der Waals surface area contributed by atoms with Crippen molar-refractivity contribution in [2.45, 2.75) is 26.7 Å². The van der Waals surface area contributed by atoms with Gasteiger partial charge in [-0.25, -0.2) is 0 Å². The summed E-state index contributed by atoms with van der Waals surface area (Å²) in [6.07, 6.45) is 1.31. The smallest absolute Gasteiger partial charge is 0.306 e. The summed E-state index contributed by atoms with van der Waals surface area (Å²) >= 11 is 3.55. The Morgan fingerprint density at radius 1 is 1.47 bits per heavy atom. The average Bonchev–Trinajstić information content (AvgIpc) is 2.39. The first kappa shape index (κ1) is 14.2. The molecule has 19 heavy (non-hydrogen) atoms. The van der Waals surface area contributed by atoms with Crippen LogP contribution < -0.4 is 9.47 Å². The van der Waals surface area contributed by atoms with Gasteiger partial charge in [-0.3, -0.25) is 4.79 Å². The third-order valence-electron chi connectivity index (χ3n) is 3.27. The zero-order valence-corrected chi connectivity index (χ0v) is 12.6. The Morgan fingerprint density at radius 2 is 2.16 bits per heavy atom. The van der Waals surface area contributed by atoms with Gasteiger partial charge < -0.3 is 14.6 Å². The molecule has 0 bridgehead atoms. The van der Waals surface area contributed by atoms with Gasteiger partial charge in [0.1, 0.15) is 13.2 Å². The van der Waals surface area contributed by atoms with E-state index in [0.717, 1.165) is 27.8 Å². The predicted molar refractivity (Wildman–Crippen MR) is 75.0 cm³/mol. The number of halogens is 1. The molecular formula is C14H17BrO4. The SMILES string of the molecule is CCc1c(CC(C)C(=O)O)cc2c(c1Br)OCCO2. The lowest BCUT2D eigenvalue weighted by Gasteiger charge is -2.23. The molecule has 1 aromatic carbocycles. The largest absolute Gasteiger partial charge is 0.486 e. The second kappa shape index (κ2) is 5.82. The minimum Gasteiger partial charge on any atom is -0.486 e. The molecule has 1 aliphatic heterocycles. The van der Waals surface area contributed by atoms with Gasteiger partial charge in [-0.2, -0.15) is 0 Å². The molecule has 1 aromatic rings. The minimum absolute atomic E-state index is 0.417. The Morgan fingerprint density at radius 3 is 2.79 bits per heavy atom. The van der Waals surface area contributed by atoms with E-state index in [4.69, 9.17) is 14.6 Å². The molecule has 1 atom stereocenters. The molecule has 0 amide bonds. The Labute approximate surface area is 120 Å². The predicted octanol–water partition coefficient (Wildman–Crippen LogP) is 3.05. The number of fused-ring (bicyclic) bond motifs is 1. The summed E-state index contributed by atoms with van der Waals surface area (Å²) in [5.74, 6) is 0.227. The number of aliphatic carboxylic acids is 1. The Bertz CT molecular complexity index is 499. The number of carboxylic acid groups (broad SMARTS) is 1. The minimum atomic E-state index is -0.784. The van der Waals surface area contributed by atoms with E-state index in [-0.39, 0.29) is 0 Å². The van der Waals surface area contributed by atoms with Crippen LogP contribution in [0.1, 0.15) is 25.0 Å². The molecule has 104 valence electrons. The van der Waals surface area contributed by atoms with Crippen LogP contribution in [0.25, 0.3) is 0 Å². The highest BCUT2D eigenvalue weighted by Gasteiger charge is 2.22. The maximum atomic E-state index is 11.0. The van der Waals surface area contributed by atoms with Gasteiger partial charge in [-0.15, -0.1) is 0 Å². The van der Waals surface area contributed by atoms with E-state index in [1.54, 1.807) is 6.92 Å². The summed E-state index contributed by atoms with van der Waals surface area (Å²) in [6.45, 7) is 4.83. The molecule has 1 N–H and O–H groups in total. The Hall–Kier alpha value is -1.23. The molecule has 0 radical (unpaired) electrons. The molecule has 0 fully saturated rings. The maximum Gasteiger partial charge on any atom is 0.306 e. The molecule has 5 heteroatoms. The van der Waals surface area contributed by atoms with E-state index in [1.165, 1.54) is 0 Å². The normalized spacial score (nSPS) is 15.1. The molecule has 1 unspecified atom stereocenters. The first-order valence-electron chi connectivity index (χ1n) is 6.37. The first-order valence-corrected chi connectivity index (χ1v) is 7.16. The van der Waals surface area contributed by atoms with Crippen LogP contribution in [0.2, 0.25) is 0 Å².